The van der Waals surface area contributed by atoms with Gasteiger partial charge >= 0.3 is 0 Å². The Balaban J connectivity index is 1.92. The monoisotopic (exact) mass is 337 g/mol. The van der Waals surface area contributed by atoms with E-state index < -0.39 is 0 Å². The fraction of sp³-hybridized carbons (Fsp3) is 0.533. The molecule has 4 nitrogen and oxygen atoms in total. The van der Waals surface area contributed by atoms with Crippen LogP contribution in [0.3, 0.4) is 0 Å². The van der Waals surface area contributed by atoms with Gasteiger partial charge in [0.25, 0.3) is 0 Å². The van der Waals surface area contributed by atoms with Gasteiger partial charge in [0.1, 0.15) is 5.75 Å². The number of ether oxygens (including phenoxy) is 1. The van der Waals surface area contributed by atoms with Crippen LogP contribution in [-0.4, -0.2) is 30.6 Å². The molecule has 0 aromatic heterocycles. The number of guanidine groups is 1. The summed E-state index contributed by atoms with van der Waals surface area (Å²) < 4.78 is 6.44. The van der Waals surface area contributed by atoms with Crippen molar-refractivity contribution in [2.45, 2.75) is 37.8 Å². The molecule has 0 saturated heterocycles. The molecular weight excluding hydrogens is 318 g/mol. The molecule has 1 atom stereocenters. The number of halogens is 1. The Morgan fingerprint density at radius 2 is 2.10 bits per heavy atom. The summed E-state index contributed by atoms with van der Waals surface area (Å²) in [6.45, 7) is 0.730. The van der Waals surface area contributed by atoms with E-state index in [1.165, 1.54) is 31.2 Å². The smallest absolute Gasteiger partial charge is 0.192 e. The summed E-state index contributed by atoms with van der Waals surface area (Å²) in [6, 6.07) is 6.85. The summed E-state index contributed by atoms with van der Waals surface area (Å²) in [5, 5.41) is 0. The predicted molar refractivity (Wildman–Crippen MR) is 84.0 cm³/mol. The van der Waals surface area contributed by atoms with Gasteiger partial charge in [-0.05, 0) is 36.6 Å². The van der Waals surface area contributed by atoms with Gasteiger partial charge in [0.05, 0.1) is 19.7 Å². The lowest BCUT2D eigenvalue weighted by Crippen LogP contribution is -2.42. The first-order valence-electron chi connectivity index (χ1n) is 7.12. The van der Waals surface area contributed by atoms with Crippen LogP contribution in [0.25, 0.3) is 0 Å². The van der Waals surface area contributed by atoms with Crippen LogP contribution in [0.15, 0.2) is 27.7 Å². The Morgan fingerprint density at radius 3 is 2.80 bits per heavy atom. The number of nitrogens with two attached hydrogens (primary N) is 1. The van der Waals surface area contributed by atoms with Crippen LogP contribution in [0, 0.1) is 0 Å². The maximum absolute atomic E-state index is 6.14. The Kier molecular flexibility index (Phi) is 3.87. The zero-order chi connectivity index (χ0) is 14.1. The van der Waals surface area contributed by atoms with Crippen LogP contribution in [-0.2, 0) is 0 Å². The summed E-state index contributed by atoms with van der Waals surface area (Å²) in [7, 11) is 1.70. The summed E-state index contributed by atoms with van der Waals surface area (Å²) in [5.74, 6) is 1.57. The molecule has 1 heterocycles. The van der Waals surface area contributed by atoms with Gasteiger partial charge in [0.2, 0.25) is 0 Å². The first-order chi connectivity index (χ1) is 9.70. The largest absolute Gasteiger partial charge is 0.497 e. The molecule has 0 radical (unpaired) electrons. The third-order valence-electron chi connectivity index (χ3n) is 4.31. The van der Waals surface area contributed by atoms with E-state index in [0.717, 1.165) is 16.8 Å². The number of methoxy groups -OCH3 is 1. The molecule has 2 N–H and O–H groups in total. The Hall–Kier alpha value is -1.23. The molecule has 1 unspecified atom stereocenters. The van der Waals surface area contributed by atoms with Gasteiger partial charge in [-0.25, -0.2) is 0 Å². The molecule has 0 amide bonds. The van der Waals surface area contributed by atoms with E-state index in [2.05, 4.69) is 31.9 Å². The maximum Gasteiger partial charge on any atom is 0.192 e. The van der Waals surface area contributed by atoms with E-state index in [1.54, 1.807) is 7.11 Å². The van der Waals surface area contributed by atoms with Gasteiger partial charge in [-0.2, -0.15) is 0 Å². The highest BCUT2D eigenvalue weighted by Crippen LogP contribution is 2.38. The molecule has 1 aromatic carbocycles. The molecule has 1 fully saturated rings. The van der Waals surface area contributed by atoms with Crippen molar-refractivity contribution in [1.82, 2.24) is 4.90 Å². The van der Waals surface area contributed by atoms with Gasteiger partial charge < -0.3 is 15.4 Å². The van der Waals surface area contributed by atoms with Gasteiger partial charge in [-0.15, -0.1) is 0 Å². The average molecular weight is 338 g/mol. The number of benzene rings is 1. The summed E-state index contributed by atoms with van der Waals surface area (Å²) >= 11 is 3.65. The van der Waals surface area contributed by atoms with E-state index in [-0.39, 0.29) is 6.04 Å². The molecule has 1 saturated carbocycles. The standard InChI is InChI=1S/C15H20BrN3O/c1-20-11-6-7-13(16)12(8-11)14-9-18-15(17)19(14)10-4-2-3-5-10/h6-8,10,14H,2-5,9H2,1H3,(H2,17,18). The summed E-state index contributed by atoms with van der Waals surface area (Å²) in [6.07, 6.45) is 5.02. The third-order valence-corrected chi connectivity index (χ3v) is 5.03. The second kappa shape index (κ2) is 5.64. The van der Waals surface area contributed by atoms with Crippen LogP contribution in [0.1, 0.15) is 37.3 Å². The first-order valence-corrected chi connectivity index (χ1v) is 7.91. The lowest BCUT2D eigenvalue weighted by Gasteiger charge is -2.33. The molecule has 3 rings (SSSR count). The fourth-order valence-electron chi connectivity index (χ4n) is 3.29. The molecule has 1 aliphatic heterocycles. The highest BCUT2D eigenvalue weighted by molar-refractivity contribution is 9.10. The van der Waals surface area contributed by atoms with E-state index >= 15 is 0 Å². The molecule has 5 heteroatoms. The van der Waals surface area contributed by atoms with E-state index in [0.29, 0.717) is 12.0 Å². The lowest BCUT2D eigenvalue weighted by molar-refractivity contribution is 0.261. The molecule has 2 aliphatic rings. The Bertz CT molecular complexity index is 526. The van der Waals surface area contributed by atoms with Crippen LogP contribution in [0.2, 0.25) is 0 Å². The number of aliphatic imine (C=N–C) groups is 1. The van der Waals surface area contributed by atoms with Crippen molar-refractivity contribution in [3.8, 4) is 5.75 Å². The van der Waals surface area contributed by atoms with Crippen molar-refractivity contribution >= 4 is 21.9 Å². The third kappa shape index (κ3) is 2.39. The molecular formula is C15H20BrN3O. The minimum absolute atomic E-state index is 0.225. The number of nitrogens with zero attached hydrogens (tertiary/aromatic N) is 2. The minimum atomic E-state index is 0.225. The Morgan fingerprint density at radius 1 is 1.35 bits per heavy atom. The van der Waals surface area contributed by atoms with Crippen molar-refractivity contribution in [1.29, 1.82) is 0 Å². The Labute approximate surface area is 128 Å². The highest BCUT2D eigenvalue weighted by atomic mass is 79.9. The minimum Gasteiger partial charge on any atom is -0.497 e. The highest BCUT2D eigenvalue weighted by Gasteiger charge is 2.35. The van der Waals surface area contributed by atoms with Crippen molar-refractivity contribution in [3.63, 3.8) is 0 Å². The van der Waals surface area contributed by atoms with Crippen molar-refractivity contribution in [2.75, 3.05) is 13.7 Å². The van der Waals surface area contributed by atoms with E-state index in [4.69, 9.17) is 10.5 Å². The molecule has 108 valence electrons. The van der Waals surface area contributed by atoms with Gasteiger partial charge in [0, 0.05) is 10.5 Å². The van der Waals surface area contributed by atoms with E-state index in [1.807, 2.05) is 12.1 Å². The molecule has 0 spiro atoms. The second-order valence-corrected chi connectivity index (χ2v) is 6.30. The normalized spacial score (nSPS) is 23.2. The van der Waals surface area contributed by atoms with Gasteiger partial charge in [0.15, 0.2) is 5.96 Å². The SMILES string of the molecule is COc1ccc(Br)c(C2CN=C(N)N2C2CCCC2)c1. The van der Waals surface area contributed by atoms with Crippen molar-refractivity contribution < 1.29 is 4.74 Å². The number of hydrogen-bond donors (Lipinski definition) is 1. The summed E-state index contributed by atoms with van der Waals surface area (Å²) in [5.41, 5.74) is 7.35. The molecule has 20 heavy (non-hydrogen) atoms. The molecule has 0 bridgehead atoms. The number of rotatable bonds is 3. The number of hydrogen-bond acceptors (Lipinski definition) is 4. The first kappa shape index (κ1) is 13.7. The average Bonchev–Trinajstić information content (AvgIpc) is 3.08. The van der Waals surface area contributed by atoms with Crippen LogP contribution < -0.4 is 10.5 Å². The van der Waals surface area contributed by atoms with Crippen LogP contribution in [0.5, 0.6) is 5.75 Å². The quantitative estimate of drug-likeness (QED) is 0.922. The van der Waals surface area contributed by atoms with Crippen LogP contribution in [0.4, 0.5) is 0 Å². The van der Waals surface area contributed by atoms with Crippen molar-refractivity contribution in [2.24, 2.45) is 10.7 Å². The molecule has 1 aliphatic carbocycles. The second-order valence-electron chi connectivity index (χ2n) is 5.45. The maximum atomic E-state index is 6.14. The van der Waals surface area contributed by atoms with Gasteiger partial charge in [-0.1, -0.05) is 28.8 Å². The topological polar surface area (TPSA) is 50.9 Å². The predicted octanol–water partition coefficient (Wildman–Crippen LogP) is 3.07. The van der Waals surface area contributed by atoms with E-state index in [9.17, 15) is 0 Å². The summed E-state index contributed by atoms with van der Waals surface area (Å²) in [4.78, 5) is 6.79. The van der Waals surface area contributed by atoms with Gasteiger partial charge in [-0.3, -0.25) is 4.99 Å². The zero-order valence-corrected chi connectivity index (χ0v) is 13.3. The van der Waals surface area contributed by atoms with Crippen LogP contribution >= 0.6 is 15.9 Å². The fourth-order valence-corrected chi connectivity index (χ4v) is 3.80. The molecule has 1 aromatic rings. The lowest BCUT2D eigenvalue weighted by atomic mass is 10.0. The van der Waals surface area contributed by atoms with Crippen molar-refractivity contribution in [3.05, 3.63) is 28.2 Å². The zero-order valence-electron chi connectivity index (χ0n) is 11.7.